The van der Waals surface area contributed by atoms with E-state index in [1.54, 1.807) is 52.9 Å². The Morgan fingerprint density at radius 3 is 2.41 bits per heavy atom. The van der Waals surface area contributed by atoms with Crippen LogP contribution in [0, 0.1) is 3.57 Å². The molecule has 1 heterocycles. The molecule has 1 amide bonds. The van der Waals surface area contributed by atoms with Crippen molar-refractivity contribution in [2.45, 2.75) is 6.18 Å². The Kier molecular flexibility index (Phi) is 7.86. The van der Waals surface area contributed by atoms with E-state index in [0.717, 1.165) is 12.1 Å². The van der Waals surface area contributed by atoms with Gasteiger partial charge in [-0.15, -0.1) is 0 Å². The number of alkyl halides is 3. The van der Waals surface area contributed by atoms with Crippen LogP contribution >= 0.6 is 58.0 Å². The summed E-state index contributed by atoms with van der Waals surface area (Å²) in [5.74, 6) is 0.206. The van der Waals surface area contributed by atoms with Crippen LogP contribution in [0.2, 0.25) is 10.0 Å². The highest BCUT2D eigenvalue weighted by Gasteiger charge is 2.34. The minimum Gasteiger partial charge on any atom is -0.457 e. The van der Waals surface area contributed by atoms with Crippen molar-refractivity contribution in [1.82, 2.24) is 5.32 Å². The maximum atomic E-state index is 13.2. The fraction of sp³-hybridized carbons (Fsp3) is 0.0476. The molecule has 0 fully saturated rings. The van der Waals surface area contributed by atoms with Gasteiger partial charge in [-0.3, -0.25) is 10.1 Å². The van der Waals surface area contributed by atoms with Gasteiger partial charge in [-0.05, 0) is 89.4 Å². The van der Waals surface area contributed by atoms with Gasteiger partial charge >= 0.3 is 6.18 Å². The molecule has 0 aliphatic carbocycles. The van der Waals surface area contributed by atoms with E-state index in [1.807, 2.05) is 0 Å². The quantitative estimate of drug-likeness (QED) is 0.184. The molecule has 4 nitrogen and oxygen atoms in total. The van der Waals surface area contributed by atoms with E-state index in [2.05, 4.69) is 10.6 Å². The number of carbonyl (C=O) groups is 1. The van der Waals surface area contributed by atoms with E-state index >= 15 is 0 Å². The molecule has 3 rings (SSSR count). The van der Waals surface area contributed by atoms with Gasteiger partial charge < -0.3 is 9.73 Å². The summed E-state index contributed by atoms with van der Waals surface area (Å²) in [5, 5.41) is 5.31. The molecule has 0 radical (unpaired) electrons. The maximum Gasteiger partial charge on any atom is 0.418 e. The maximum absolute atomic E-state index is 13.2. The zero-order valence-electron chi connectivity index (χ0n) is 15.8. The fourth-order valence-corrected chi connectivity index (χ4v) is 3.85. The average molecular weight is 611 g/mol. The van der Waals surface area contributed by atoms with E-state index in [0.29, 0.717) is 30.7 Å². The van der Waals surface area contributed by atoms with Crippen LogP contribution in [0.1, 0.15) is 11.3 Å². The number of hydrogen-bond acceptors (Lipinski definition) is 3. The Bertz CT molecular complexity index is 1190. The lowest BCUT2D eigenvalue weighted by Crippen LogP contribution is -2.33. The summed E-state index contributed by atoms with van der Waals surface area (Å²) in [7, 11) is 0. The number of thiocarbonyl (C=S) groups is 1. The zero-order valence-corrected chi connectivity index (χ0v) is 20.3. The van der Waals surface area contributed by atoms with Crippen LogP contribution in [0.25, 0.3) is 17.4 Å². The molecule has 166 valence electrons. The molecule has 0 atom stereocenters. The standard InChI is InChI=1S/C21H12Cl2F3IN2O2S/c22-12-7-11(8-13(23)9-12)18-5-2-15(31-18)3-6-19(30)29-20(32)28-17-4-1-14(27)10-16(17)21(24,25)26/h1-10H,(H2,28,29,30,32)/b6-3+. The van der Waals surface area contributed by atoms with Crippen LogP contribution < -0.4 is 10.6 Å². The predicted molar refractivity (Wildman–Crippen MR) is 132 cm³/mol. The molecule has 0 unspecified atom stereocenters. The lowest BCUT2D eigenvalue weighted by molar-refractivity contribution is -0.137. The van der Waals surface area contributed by atoms with Crippen LogP contribution in [-0.4, -0.2) is 11.0 Å². The van der Waals surface area contributed by atoms with Gasteiger partial charge in [0.15, 0.2) is 5.11 Å². The molecule has 1 aromatic heterocycles. The largest absolute Gasteiger partial charge is 0.457 e. The Morgan fingerprint density at radius 2 is 1.75 bits per heavy atom. The van der Waals surface area contributed by atoms with E-state index in [9.17, 15) is 18.0 Å². The molecule has 11 heteroatoms. The molecular formula is C21H12Cl2F3IN2O2S. The normalized spacial score (nSPS) is 11.6. The fourth-order valence-electron chi connectivity index (χ4n) is 2.62. The van der Waals surface area contributed by atoms with E-state index in [-0.39, 0.29) is 10.8 Å². The second-order valence-electron chi connectivity index (χ2n) is 6.32. The second-order valence-corrected chi connectivity index (χ2v) is 8.85. The number of benzene rings is 2. The summed E-state index contributed by atoms with van der Waals surface area (Å²) in [6.07, 6.45) is -2.05. The van der Waals surface area contributed by atoms with Gasteiger partial charge in [-0.2, -0.15) is 13.2 Å². The van der Waals surface area contributed by atoms with E-state index < -0.39 is 17.6 Å². The lowest BCUT2D eigenvalue weighted by atomic mass is 10.1. The minimum absolute atomic E-state index is 0.261. The SMILES string of the molecule is O=C(/C=C/c1ccc(-c2cc(Cl)cc(Cl)c2)o1)NC(=S)Nc1ccc(I)cc1C(F)(F)F. The Labute approximate surface area is 209 Å². The summed E-state index contributed by atoms with van der Waals surface area (Å²) in [6.45, 7) is 0. The highest BCUT2D eigenvalue weighted by atomic mass is 127. The van der Waals surface area contributed by atoms with Gasteiger partial charge in [0.05, 0.1) is 11.3 Å². The van der Waals surface area contributed by atoms with Crippen LogP contribution in [0.15, 0.2) is 59.0 Å². The smallest absolute Gasteiger partial charge is 0.418 e. The molecule has 0 aliphatic rings. The van der Waals surface area contributed by atoms with Crippen LogP contribution in [0.5, 0.6) is 0 Å². The number of halogens is 6. The van der Waals surface area contributed by atoms with Crippen molar-refractivity contribution in [2.24, 2.45) is 0 Å². The summed E-state index contributed by atoms with van der Waals surface area (Å²) in [6, 6.07) is 12.0. The number of hydrogen-bond donors (Lipinski definition) is 2. The second kappa shape index (κ2) is 10.2. The third-order valence-corrected chi connectivity index (χ3v) is 5.26. The Balaban J connectivity index is 1.64. The van der Waals surface area contributed by atoms with E-state index in [1.165, 1.54) is 18.2 Å². The zero-order chi connectivity index (χ0) is 23.5. The highest BCUT2D eigenvalue weighted by molar-refractivity contribution is 14.1. The van der Waals surface area contributed by atoms with Crippen LogP contribution in [0.4, 0.5) is 18.9 Å². The third kappa shape index (κ3) is 6.71. The average Bonchev–Trinajstić information content (AvgIpc) is 3.15. The van der Waals surface area contributed by atoms with Crippen LogP contribution in [-0.2, 0) is 11.0 Å². The van der Waals surface area contributed by atoms with Crippen molar-refractivity contribution in [3.05, 3.63) is 79.5 Å². The first-order valence-electron chi connectivity index (χ1n) is 8.74. The number of furan rings is 1. The number of carbonyl (C=O) groups excluding carboxylic acids is 1. The van der Waals surface area contributed by atoms with Crippen molar-refractivity contribution in [3.8, 4) is 11.3 Å². The third-order valence-electron chi connectivity index (χ3n) is 3.94. The predicted octanol–water partition coefficient (Wildman–Crippen LogP) is 7.40. The number of anilines is 1. The van der Waals surface area contributed by atoms with Gasteiger partial charge in [-0.1, -0.05) is 23.2 Å². The topological polar surface area (TPSA) is 54.3 Å². The van der Waals surface area contributed by atoms with Crippen molar-refractivity contribution < 1.29 is 22.4 Å². The minimum atomic E-state index is -4.58. The summed E-state index contributed by atoms with van der Waals surface area (Å²) >= 11 is 18.7. The van der Waals surface area contributed by atoms with Crippen molar-refractivity contribution in [2.75, 3.05) is 5.32 Å². The molecular weight excluding hydrogens is 599 g/mol. The Hall–Kier alpha value is -2.08. The highest BCUT2D eigenvalue weighted by Crippen LogP contribution is 2.35. The van der Waals surface area contributed by atoms with Crippen molar-refractivity contribution in [3.63, 3.8) is 0 Å². The van der Waals surface area contributed by atoms with Gasteiger partial charge in [0, 0.05) is 25.3 Å². The molecule has 0 saturated carbocycles. The first kappa shape index (κ1) is 24.6. The van der Waals surface area contributed by atoms with Gasteiger partial charge in [0.25, 0.3) is 0 Å². The number of nitrogens with one attached hydrogen (secondary N) is 2. The first-order chi connectivity index (χ1) is 15.0. The summed E-state index contributed by atoms with van der Waals surface area (Å²) < 4.78 is 45.7. The summed E-state index contributed by atoms with van der Waals surface area (Å²) in [5.41, 5.74) is -0.487. The molecule has 0 saturated heterocycles. The molecule has 2 aromatic carbocycles. The summed E-state index contributed by atoms with van der Waals surface area (Å²) in [4.78, 5) is 12.1. The first-order valence-corrected chi connectivity index (χ1v) is 11.0. The van der Waals surface area contributed by atoms with Gasteiger partial charge in [-0.25, -0.2) is 0 Å². The Morgan fingerprint density at radius 1 is 1.06 bits per heavy atom. The molecule has 2 N–H and O–H groups in total. The van der Waals surface area contributed by atoms with Crippen molar-refractivity contribution >= 4 is 80.8 Å². The number of amides is 1. The van der Waals surface area contributed by atoms with Gasteiger partial charge in [0.1, 0.15) is 11.5 Å². The monoisotopic (exact) mass is 610 g/mol. The molecule has 0 spiro atoms. The van der Waals surface area contributed by atoms with E-state index in [4.69, 9.17) is 39.8 Å². The molecule has 3 aromatic rings. The lowest BCUT2D eigenvalue weighted by Gasteiger charge is -2.15. The molecule has 32 heavy (non-hydrogen) atoms. The molecule has 0 bridgehead atoms. The van der Waals surface area contributed by atoms with Crippen LogP contribution in [0.3, 0.4) is 0 Å². The number of rotatable bonds is 4. The van der Waals surface area contributed by atoms with Gasteiger partial charge in [0.2, 0.25) is 5.91 Å². The molecule has 0 aliphatic heterocycles. The van der Waals surface area contributed by atoms with Crippen molar-refractivity contribution in [1.29, 1.82) is 0 Å².